The van der Waals surface area contributed by atoms with Crippen molar-refractivity contribution >= 4 is 31.8 Å². The molecule has 1 aliphatic heterocycles. The molecule has 180 valence electrons. The van der Waals surface area contributed by atoms with Gasteiger partial charge in [0.2, 0.25) is 0 Å². The van der Waals surface area contributed by atoms with Crippen molar-refractivity contribution in [1.29, 1.82) is 0 Å². The lowest BCUT2D eigenvalue weighted by molar-refractivity contribution is 0.0694. The van der Waals surface area contributed by atoms with Crippen LogP contribution in [-0.2, 0) is 20.2 Å². The van der Waals surface area contributed by atoms with E-state index in [1.54, 1.807) is 30.9 Å². The Kier molecular flexibility index (Phi) is 7.78. The predicted molar refractivity (Wildman–Crippen MR) is 128 cm³/mol. The van der Waals surface area contributed by atoms with Crippen LogP contribution in [0.3, 0.4) is 0 Å². The van der Waals surface area contributed by atoms with Gasteiger partial charge in [0.25, 0.3) is 26.1 Å². The first-order valence-corrected chi connectivity index (χ1v) is 13.7. The van der Waals surface area contributed by atoms with Crippen molar-refractivity contribution in [3.63, 3.8) is 0 Å². The molecule has 0 radical (unpaired) electrons. The van der Waals surface area contributed by atoms with Crippen molar-refractivity contribution in [3.8, 4) is 0 Å². The van der Waals surface area contributed by atoms with Gasteiger partial charge >= 0.3 is 0 Å². The fraction of sp³-hybridized carbons (Fsp3) is 0.409. The van der Waals surface area contributed by atoms with Crippen LogP contribution in [0.25, 0.3) is 0 Å². The summed E-state index contributed by atoms with van der Waals surface area (Å²) in [5, 5.41) is 0. The van der Waals surface area contributed by atoms with Crippen LogP contribution in [0.2, 0.25) is 0 Å². The Morgan fingerprint density at radius 3 is 2.03 bits per heavy atom. The molecule has 0 bridgehead atoms. The van der Waals surface area contributed by atoms with Gasteiger partial charge in [0.15, 0.2) is 0 Å². The molecule has 1 fully saturated rings. The number of aryl methyl sites for hydroxylation is 1. The molecule has 1 N–H and O–H groups in total. The highest BCUT2D eigenvalue weighted by molar-refractivity contribution is 7.92. The van der Waals surface area contributed by atoms with Gasteiger partial charge in [-0.25, -0.2) is 8.42 Å². The summed E-state index contributed by atoms with van der Waals surface area (Å²) in [6.07, 6.45) is 0. The monoisotopic (exact) mass is 494 g/mol. The molecule has 1 amide bonds. The standard InChI is InChI=1S/C22H30N4O5S2/c1-4-25(5-2)33(30,31)26-16-14-24(15-17-26)22(27)19-10-12-20(13-11-19)32(28,29)23-21-9-7-6-8-18(21)3/h6-13,23H,4-5,14-17H2,1-3H3. The number of hydrogen-bond acceptors (Lipinski definition) is 5. The van der Waals surface area contributed by atoms with Crippen molar-refractivity contribution in [1.82, 2.24) is 13.5 Å². The zero-order valence-electron chi connectivity index (χ0n) is 19.1. The van der Waals surface area contributed by atoms with Crippen LogP contribution in [0.1, 0.15) is 29.8 Å². The van der Waals surface area contributed by atoms with Crippen LogP contribution in [0, 0.1) is 6.92 Å². The molecular weight excluding hydrogens is 464 g/mol. The van der Waals surface area contributed by atoms with Gasteiger partial charge in [0, 0.05) is 44.8 Å². The van der Waals surface area contributed by atoms with Gasteiger partial charge in [-0.15, -0.1) is 0 Å². The van der Waals surface area contributed by atoms with E-state index in [1.165, 1.54) is 32.9 Å². The number of sulfonamides is 1. The molecule has 33 heavy (non-hydrogen) atoms. The number of hydrogen-bond donors (Lipinski definition) is 1. The second-order valence-corrected chi connectivity index (χ2v) is 11.3. The molecule has 0 aliphatic carbocycles. The summed E-state index contributed by atoms with van der Waals surface area (Å²) in [5.74, 6) is -0.259. The Hall–Kier alpha value is -2.47. The molecule has 0 aromatic heterocycles. The molecule has 3 rings (SSSR count). The number of nitrogens with one attached hydrogen (secondary N) is 1. The Morgan fingerprint density at radius 1 is 0.909 bits per heavy atom. The number of carbonyl (C=O) groups excluding carboxylic acids is 1. The highest BCUT2D eigenvalue weighted by atomic mass is 32.2. The van der Waals surface area contributed by atoms with Crippen LogP contribution in [0.4, 0.5) is 5.69 Å². The van der Waals surface area contributed by atoms with Gasteiger partial charge in [-0.3, -0.25) is 9.52 Å². The second-order valence-electron chi connectivity index (χ2n) is 7.73. The lowest BCUT2D eigenvalue weighted by atomic mass is 10.2. The number of benzene rings is 2. The summed E-state index contributed by atoms with van der Waals surface area (Å²) in [4.78, 5) is 14.5. The Morgan fingerprint density at radius 2 is 1.48 bits per heavy atom. The molecule has 11 heteroatoms. The zero-order chi connectivity index (χ0) is 24.2. The third-order valence-electron chi connectivity index (χ3n) is 5.68. The minimum Gasteiger partial charge on any atom is -0.336 e. The Labute approximate surface area is 196 Å². The summed E-state index contributed by atoms with van der Waals surface area (Å²) < 4.78 is 56.1. The lowest BCUT2D eigenvalue weighted by Gasteiger charge is -2.36. The van der Waals surface area contributed by atoms with Gasteiger partial charge in [0.05, 0.1) is 10.6 Å². The van der Waals surface area contributed by atoms with E-state index in [1.807, 2.05) is 19.1 Å². The van der Waals surface area contributed by atoms with E-state index < -0.39 is 20.2 Å². The van der Waals surface area contributed by atoms with Crippen molar-refractivity contribution in [2.75, 3.05) is 44.0 Å². The fourth-order valence-electron chi connectivity index (χ4n) is 3.69. The van der Waals surface area contributed by atoms with Gasteiger partial charge in [-0.05, 0) is 42.8 Å². The second kappa shape index (κ2) is 10.2. The van der Waals surface area contributed by atoms with Gasteiger partial charge < -0.3 is 4.90 Å². The van der Waals surface area contributed by atoms with Gasteiger partial charge in [-0.1, -0.05) is 32.0 Å². The highest BCUT2D eigenvalue weighted by Gasteiger charge is 2.32. The van der Waals surface area contributed by atoms with Crippen molar-refractivity contribution in [2.24, 2.45) is 0 Å². The Bertz CT molecular complexity index is 1190. The van der Waals surface area contributed by atoms with E-state index >= 15 is 0 Å². The minimum atomic E-state index is -3.79. The predicted octanol–water partition coefficient (Wildman–Crippen LogP) is 2.14. The third-order valence-corrected chi connectivity index (χ3v) is 9.25. The number of para-hydroxylation sites is 1. The van der Waals surface area contributed by atoms with Crippen molar-refractivity contribution < 1.29 is 21.6 Å². The molecule has 1 aliphatic rings. The summed E-state index contributed by atoms with van der Waals surface area (Å²) >= 11 is 0. The molecular formula is C22H30N4O5S2. The van der Waals surface area contributed by atoms with Gasteiger partial charge in [0.1, 0.15) is 0 Å². The minimum absolute atomic E-state index is 0.0532. The Balaban J connectivity index is 1.66. The average Bonchev–Trinajstić information content (AvgIpc) is 2.81. The summed E-state index contributed by atoms with van der Waals surface area (Å²) in [7, 11) is -7.33. The maximum Gasteiger partial charge on any atom is 0.282 e. The highest BCUT2D eigenvalue weighted by Crippen LogP contribution is 2.20. The van der Waals surface area contributed by atoms with Crippen LogP contribution in [0.5, 0.6) is 0 Å². The maximum absolute atomic E-state index is 12.9. The van der Waals surface area contributed by atoms with Crippen molar-refractivity contribution in [3.05, 3.63) is 59.7 Å². The quantitative estimate of drug-likeness (QED) is 0.605. The summed E-state index contributed by atoms with van der Waals surface area (Å²) in [6.45, 7) is 7.17. The molecule has 2 aromatic rings. The number of anilines is 1. The fourth-order valence-corrected chi connectivity index (χ4v) is 6.42. The number of amides is 1. The van der Waals surface area contributed by atoms with E-state index in [4.69, 9.17) is 0 Å². The maximum atomic E-state index is 12.9. The van der Waals surface area contributed by atoms with E-state index in [0.717, 1.165) is 5.56 Å². The first-order valence-electron chi connectivity index (χ1n) is 10.8. The average molecular weight is 495 g/mol. The number of rotatable bonds is 8. The molecule has 2 aromatic carbocycles. The molecule has 9 nitrogen and oxygen atoms in total. The third kappa shape index (κ3) is 5.55. The molecule has 0 saturated carbocycles. The zero-order valence-corrected chi connectivity index (χ0v) is 20.7. The van der Waals surface area contributed by atoms with Gasteiger partial charge in [-0.2, -0.15) is 17.0 Å². The SMILES string of the molecule is CCN(CC)S(=O)(=O)N1CCN(C(=O)c2ccc(S(=O)(=O)Nc3ccccc3C)cc2)CC1. The van der Waals surface area contributed by atoms with Crippen LogP contribution in [0.15, 0.2) is 53.4 Å². The molecule has 0 unspecified atom stereocenters. The lowest BCUT2D eigenvalue weighted by Crippen LogP contribution is -2.54. The van der Waals surface area contributed by atoms with E-state index in [9.17, 15) is 21.6 Å². The molecule has 0 atom stereocenters. The van der Waals surface area contributed by atoms with E-state index in [2.05, 4.69) is 4.72 Å². The first kappa shape index (κ1) is 25.2. The first-order chi connectivity index (χ1) is 15.6. The summed E-state index contributed by atoms with van der Waals surface area (Å²) in [5.41, 5.74) is 1.65. The van der Waals surface area contributed by atoms with Crippen molar-refractivity contribution in [2.45, 2.75) is 25.7 Å². The topological polar surface area (TPSA) is 107 Å². The number of piperazine rings is 1. The van der Waals surface area contributed by atoms with Crippen LogP contribution < -0.4 is 4.72 Å². The smallest absolute Gasteiger partial charge is 0.282 e. The molecule has 1 saturated heterocycles. The van der Waals surface area contributed by atoms with Crippen LogP contribution in [-0.4, -0.2) is 75.5 Å². The number of carbonyl (C=O) groups is 1. The normalized spacial score (nSPS) is 15.6. The van der Waals surface area contributed by atoms with E-state index in [0.29, 0.717) is 24.3 Å². The molecule has 1 heterocycles. The number of nitrogens with zero attached hydrogens (tertiary/aromatic N) is 3. The summed E-state index contributed by atoms with van der Waals surface area (Å²) in [6, 6.07) is 12.8. The largest absolute Gasteiger partial charge is 0.336 e. The van der Waals surface area contributed by atoms with Crippen LogP contribution >= 0.6 is 0 Å². The molecule has 0 spiro atoms. The van der Waals surface area contributed by atoms with E-state index in [-0.39, 0.29) is 37.0 Å².